The fourth-order valence-corrected chi connectivity index (χ4v) is 2.23. The lowest BCUT2D eigenvalue weighted by atomic mass is 10.1. The molecule has 0 bridgehead atoms. The fraction of sp³-hybridized carbons (Fsp3) is 0. The first kappa shape index (κ1) is 12.5. The zero-order valence-corrected chi connectivity index (χ0v) is 11.6. The van der Waals surface area contributed by atoms with Crippen LogP contribution in [0.15, 0.2) is 71.5 Å². The maximum atomic E-state index is 5.64. The summed E-state index contributed by atoms with van der Waals surface area (Å²) in [5.41, 5.74) is 4.43. The smallest absolute Gasteiger partial charge is 0.300 e. The molecular formula is C17H12N4O. The third-order valence-electron chi connectivity index (χ3n) is 3.31. The van der Waals surface area contributed by atoms with E-state index in [1.54, 1.807) is 12.5 Å². The van der Waals surface area contributed by atoms with Gasteiger partial charge in [-0.2, -0.15) is 4.98 Å². The van der Waals surface area contributed by atoms with Crippen molar-refractivity contribution in [2.45, 2.75) is 0 Å². The molecule has 22 heavy (non-hydrogen) atoms. The first-order valence-corrected chi connectivity index (χ1v) is 6.87. The molecular weight excluding hydrogens is 276 g/mol. The van der Waals surface area contributed by atoms with Gasteiger partial charge in [0.1, 0.15) is 11.8 Å². The molecule has 4 rings (SSSR count). The number of aromatic nitrogens is 3. The van der Waals surface area contributed by atoms with Crippen LogP contribution in [0, 0.1) is 0 Å². The number of para-hydroxylation sites is 2. The van der Waals surface area contributed by atoms with Crippen LogP contribution in [0.25, 0.3) is 22.4 Å². The first-order chi connectivity index (χ1) is 10.9. The summed E-state index contributed by atoms with van der Waals surface area (Å²) in [5.74, 6) is 0. The quantitative estimate of drug-likeness (QED) is 0.616. The molecule has 0 aliphatic carbocycles. The number of hydrogen-bond acceptors (Lipinski definition) is 5. The maximum Gasteiger partial charge on any atom is 0.300 e. The van der Waals surface area contributed by atoms with Gasteiger partial charge in [-0.15, -0.1) is 0 Å². The van der Waals surface area contributed by atoms with Crippen LogP contribution < -0.4 is 5.32 Å². The molecule has 0 spiro atoms. The summed E-state index contributed by atoms with van der Waals surface area (Å²) in [6.07, 6.45) is 3.27. The van der Waals surface area contributed by atoms with Crippen LogP contribution in [0.4, 0.5) is 11.7 Å². The van der Waals surface area contributed by atoms with Gasteiger partial charge in [-0.1, -0.05) is 24.3 Å². The standard InChI is InChI=1S/C17H12N4O/c1-2-4-16-15(3-1)21-17(22-16)20-13-7-5-12(6-8-13)14-9-10-18-11-19-14/h1-11H,(H,20,21). The van der Waals surface area contributed by atoms with Crippen LogP contribution >= 0.6 is 0 Å². The average molecular weight is 288 g/mol. The fourth-order valence-electron chi connectivity index (χ4n) is 2.23. The molecule has 2 aromatic heterocycles. The Balaban J connectivity index is 1.58. The normalized spacial score (nSPS) is 10.7. The summed E-state index contributed by atoms with van der Waals surface area (Å²) < 4.78 is 5.64. The minimum absolute atomic E-state index is 0.482. The second-order valence-electron chi connectivity index (χ2n) is 4.78. The Hall–Kier alpha value is -3.21. The Bertz CT molecular complexity index is 868. The highest BCUT2D eigenvalue weighted by atomic mass is 16.4. The van der Waals surface area contributed by atoms with E-state index in [-0.39, 0.29) is 0 Å². The second kappa shape index (κ2) is 5.29. The van der Waals surface area contributed by atoms with E-state index in [1.807, 2.05) is 54.6 Å². The molecule has 0 fully saturated rings. The van der Waals surface area contributed by atoms with Gasteiger partial charge in [-0.3, -0.25) is 0 Å². The first-order valence-electron chi connectivity index (χ1n) is 6.87. The maximum absolute atomic E-state index is 5.64. The van der Waals surface area contributed by atoms with Crippen molar-refractivity contribution in [3.05, 3.63) is 67.1 Å². The van der Waals surface area contributed by atoms with Crippen molar-refractivity contribution in [2.75, 3.05) is 5.32 Å². The van der Waals surface area contributed by atoms with Gasteiger partial charge in [0.25, 0.3) is 6.01 Å². The Labute approximate surface area is 126 Å². The molecule has 0 atom stereocenters. The molecule has 0 aliphatic rings. The van der Waals surface area contributed by atoms with Gasteiger partial charge in [-0.05, 0) is 30.3 Å². The van der Waals surface area contributed by atoms with Crippen molar-refractivity contribution in [3.63, 3.8) is 0 Å². The van der Waals surface area contributed by atoms with Crippen LogP contribution in [0.2, 0.25) is 0 Å². The number of nitrogens with one attached hydrogen (secondary N) is 1. The number of fused-ring (bicyclic) bond motifs is 1. The summed E-state index contributed by atoms with van der Waals surface area (Å²) in [5, 5.41) is 3.16. The van der Waals surface area contributed by atoms with Gasteiger partial charge in [0.2, 0.25) is 0 Å². The molecule has 0 unspecified atom stereocenters. The Kier molecular flexibility index (Phi) is 3.01. The lowest BCUT2D eigenvalue weighted by molar-refractivity contribution is 0.623. The largest absolute Gasteiger partial charge is 0.423 e. The molecule has 2 heterocycles. The molecule has 106 valence electrons. The van der Waals surface area contributed by atoms with Crippen molar-refractivity contribution in [3.8, 4) is 11.3 Å². The molecule has 5 nitrogen and oxygen atoms in total. The van der Waals surface area contributed by atoms with Crippen LogP contribution in [-0.4, -0.2) is 15.0 Å². The van der Waals surface area contributed by atoms with E-state index < -0.39 is 0 Å². The number of oxazole rings is 1. The lowest BCUT2D eigenvalue weighted by Gasteiger charge is -2.03. The van der Waals surface area contributed by atoms with Gasteiger partial charge in [-0.25, -0.2) is 9.97 Å². The predicted octanol–water partition coefficient (Wildman–Crippen LogP) is 4.03. The van der Waals surface area contributed by atoms with Crippen molar-refractivity contribution in [1.29, 1.82) is 0 Å². The van der Waals surface area contributed by atoms with E-state index in [0.29, 0.717) is 6.01 Å². The summed E-state index contributed by atoms with van der Waals surface area (Å²) >= 11 is 0. The van der Waals surface area contributed by atoms with Gasteiger partial charge >= 0.3 is 0 Å². The topological polar surface area (TPSA) is 63.8 Å². The second-order valence-corrected chi connectivity index (χ2v) is 4.78. The van der Waals surface area contributed by atoms with E-state index >= 15 is 0 Å². The zero-order chi connectivity index (χ0) is 14.8. The number of benzene rings is 2. The van der Waals surface area contributed by atoms with Crippen LogP contribution in [-0.2, 0) is 0 Å². The highest BCUT2D eigenvalue weighted by Crippen LogP contribution is 2.24. The Morgan fingerprint density at radius 1 is 0.909 bits per heavy atom. The summed E-state index contributed by atoms with van der Waals surface area (Å²) in [7, 11) is 0. The molecule has 0 amide bonds. The number of nitrogens with zero attached hydrogens (tertiary/aromatic N) is 3. The number of anilines is 2. The van der Waals surface area contributed by atoms with E-state index in [9.17, 15) is 0 Å². The van der Waals surface area contributed by atoms with E-state index in [1.165, 1.54) is 0 Å². The molecule has 2 aromatic carbocycles. The van der Waals surface area contributed by atoms with Crippen molar-refractivity contribution in [2.24, 2.45) is 0 Å². The van der Waals surface area contributed by atoms with E-state index in [0.717, 1.165) is 28.0 Å². The molecule has 5 heteroatoms. The Morgan fingerprint density at radius 2 is 1.77 bits per heavy atom. The van der Waals surface area contributed by atoms with Gasteiger partial charge in [0, 0.05) is 17.4 Å². The summed E-state index contributed by atoms with van der Waals surface area (Å²) in [6, 6.07) is 18.0. The Morgan fingerprint density at radius 3 is 2.55 bits per heavy atom. The van der Waals surface area contributed by atoms with Crippen LogP contribution in [0.1, 0.15) is 0 Å². The number of rotatable bonds is 3. The average Bonchev–Trinajstić information content (AvgIpc) is 2.98. The third-order valence-corrected chi connectivity index (χ3v) is 3.31. The van der Waals surface area contributed by atoms with Crippen LogP contribution in [0.5, 0.6) is 0 Å². The van der Waals surface area contributed by atoms with Gasteiger partial charge in [0.15, 0.2) is 5.58 Å². The molecule has 0 radical (unpaired) electrons. The van der Waals surface area contributed by atoms with E-state index in [2.05, 4.69) is 20.3 Å². The molecule has 1 N–H and O–H groups in total. The van der Waals surface area contributed by atoms with Gasteiger partial charge < -0.3 is 9.73 Å². The lowest BCUT2D eigenvalue weighted by Crippen LogP contribution is -1.90. The zero-order valence-electron chi connectivity index (χ0n) is 11.6. The number of hydrogen-bond donors (Lipinski definition) is 1. The monoisotopic (exact) mass is 288 g/mol. The van der Waals surface area contributed by atoms with Crippen molar-refractivity contribution >= 4 is 22.8 Å². The van der Waals surface area contributed by atoms with Crippen molar-refractivity contribution < 1.29 is 4.42 Å². The minimum atomic E-state index is 0.482. The highest BCUT2D eigenvalue weighted by Gasteiger charge is 2.05. The molecule has 0 saturated heterocycles. The highest BCUT2D eigenvalue weighted by molar-refractivity contribution is 5.75. The predicted molar refractivity (Wildman–Crippen MR) is 84.8 cm³/mol. The molecule has 0 aliphatic heterocycles. The summed E-state index contributed by atoms with van der Waals surface area (Å²) in [4.78, 5) is 12.5. The van der Waals surface area contributed by atoms with Crippen molar-refractivity contribution in [1.82, 2.24) is 15.0 Å². The SMILES string of the molecule is c1ccc2oc(Nc3ccc(-c4ccncn4)cc3)nc2c1. The minimum Gasteiger partial charge on any atom is -0.423 e. The molecule has 0 saturated carbocycles. The van der Waals surface area contributed by atoms with Gasteiger partial charge in [0.05, 0.1) is 5.69 Å². The van der Waals surface area contributed by atoms with Crippen LogP contribution in [0.3, 0.4) is 0 Å². The molecule has 4 aromatic rings. The van der Waals surface area contributed by atoms with E-state index in [4.69, 9.17) is 4.42 Å². The summed E-state index contributed by atoms with van der Waals surface area (Å²) in [6.45, 7) is 0. The third kappa shape index (κ3) is 2.40.